The summed E-state index contributed by atoms with van der Waals surface area (Å²) >= 11 is 0.952. The third-order valence-corrected chi connectivity index (χ3v) is 8.52. The number of nitrogens with zero attached hydrogens (tertiary/aromatic N) is 5. The molecular formula is C28H28F3N7O3S. The van der Waals surface area contributed by atoms with E-state index < -0.39 is 35.9 Å². The van der Waals surface area contributed by atoms with Gasteiger partial charge >= 0.3 is 6.18 Å². The van der Waals surface area contributed by atoms with Crippen molar-refractivity contribution in [3.8, 4) is 0 Å². The number of amides is 1. The van der Waals surface area contributed by atoms with Crippen molar-refractivity contribution in [3.05, 3.63) is 65.7 Å². The lowest BCUT2D eigenvalue weighted by Crippen LogP contribution is -2.38. The van der Waals surface area contributed by atoms with Gasteiger partial charge in [0, 0.05) is 23.4 Å². The van der Waals surface area contributed by atoms with Crippen molar-refractivity contribution in [2.45, 2.75) is 66.2 Å². The minimum Gasteiger partial charge on any atom is -0.390 e. The molecule has 4 N–H and O–H groups in total. The van der Waals surface area contributed by atoms with Gasteiger partial charge < -0.3 is 20.8 Å². The van der Waals surface area contributed by atoms with Crippen LogP contribution in [0.25, 0.3) is 11.2 Å². The molecular weight excluding hydrogens is 571 g/mol. The number of hydrogen-bond donors (Lipinski definition) is 4. The van der Waals surface area contributed by atoms with Gasteiger partial charge in [0.2, 0.25) is 5.91 Å². The average Bonchev–Trinajstić information content (AvgIpc) is 3.50. The molecule has 0 aliphatic heterocycles. The molecule has 2 aliphatic rings. The molecule has 0 saturated heterocycles. The Hall–Kier alpha value is -3.75. The maximum atomic E-state index is 13.4. The van der Waals surface area contributed by atoms with Crippen molar-refractivity contribution in [2.75, 3.05) is 11.9 Å². The van der Waals surface area contributed by atoms with E-state index in [1.54, 1.807) is 6.92 Å². The van der Waals surface area contributed by atoms with Crippen LogP contribution in [0, 0.1) is 5.92 Å². The number of halogens is 3. The van der Waals surface area contributed by atoms with Gasteiger partial charge in [0.1, 0.15) is 6.10 Å². The Bertz CT molecular complexity index is 1600. The fourth-order valence-corrected chi connectivity index (χ4v) is 6.25. The van der Waals surface area contributed by atoms with Crippen LogP contribution in [-0.2, 0) is 11.0 Å². The summed E-state index contributed by atoms with van der Waals surface area (Å²) in [5, 5.41) is 36.3. The van der Waals surface area contributed by atoms with E-state index in [1.165, 1.54) is 22.4 Å². The number of alkyl halides is 3. The molecule has 0 radical (unpaired) electrons. The molecule has 1 amide bonds. The van der Waals surface area contributed by atoms with Crippen molar-refractivity contribution in [2.24, 2.45) is 5.92 Å². The van der Waals surface area contributed by atoms with E-state index in [0.717, 1.165) is 30.3 Å². The van der Waals surface area contributed by atoms with Crippen LogP contribution in [0.4, 0.5) is 19.0 Å². The minimum absolute atomic E-state index is 0.0445. The second-order valence-electron chi connectivity index (χ2n) is 10.5. The van der Waals surface area contributed by atoms with E-state index >= 15 is 0 Å². The van der Waals surface area contributed by atoms with Crippen LogP contribution in [0.2, 0.25) is 0 Å². The first-order valence-corrected chi connectivity index (χ1v) is 14.4. The van der Waals surface area contributed by atoms with Crippen LogP contribution in [0.1, 0.15) is 42.9 Å². The molecule has 42 heavy (non-hydrogen) atoms. The Morgan fingerprint density at radius 2 is 1.86 bits per heavy atom. The Kier molecular flexibility index (Phi) is 7.53. The maximum absolute atomic E-state index is 13.4. The molecule has 2 fully saturated rings. The van der Waals surface area contributed by atoms with Crippen molar-refractivity contribution < 1.29 is 28.2 Å². The van der Waals surface area contributed by atoms with E-state index in [9.17, 15) is 28.2 Å². The summed E-state index contributed by atoms with van der Waals surface area (Å²) in [7, 11) is 0. The molecule has 4 aromatic rings. The molecule has 6 atom stereocenters. The first-order chi connectivity index (χ1) is 20.1. The van der Waals surface area contributed by atoms with Crippen molar-refractivity contribution in [3.63, 3.8) is 0 Å². The third-order valence-electron chi connectivity index (χ3n) is 7.67. The monoisotopic (exact) mass is 599 g/mol. The largest absolute Gasteiger partial charge is 0.416 e. The van der Waals surface area contributed by atoms with E-state index in [-0.39, 0.29) is 40.0 Å². The fraction of sp³-hybridized carbons (Fsp3) is 0.393. The minimum atomic E-state index is -4.50. The lowest BCUT2D eigenvalue weighted by Gasteiger charge is -2.17. The number of aliphatic hydroxyl groups excluding tert-OH is 2. The van der Waals surface area contributed by atoms with Gasteiger partial charge in [0.05, 0.1) is 23.6 Å². The summed E-state index contributed by atoms with van der Waals surface area (Å²) in [6.07, 6.45) is -6.21. The molecule has 6 rings (SSSR count). The number of aliphatic hydroxyl groups is 2. The number of anilines is 1. The van der Waals surface area contributed by atoms with E-state index in [1.807, 2.05) is 30.3 Å². The summed E-state index contributed by atoms with van der Waals surface area (Å²) in [6.45, 7) is 2.13. The van der Waals surface area contributed by atoms with Crippen LogP contribution >= 0.6 is 11.8 Å². The van der Waals surface area contributed by atoms with Crippen LogP contribution in [0.5, 0.6) is 0 Å². The van der Waals surface area contributed by atoms with Gasteiger partial charge in [0.25, 0.3) is 0 Å². The number of aromatic nitrogens is 5. The quantitative estimate of drug-likeness (QED) is 0.223. The highest BCUT2D eigenvalue weighted by Gasteiger charge is 2.47. The number of nitrogens with one attached hydrogen (secondary N) is 2. The standard InChI is InChI=1S/C28H28F3N7O3S/c1-2-32-26(41)18-13-20(23(40)22(18)39)38-25-21(36-37-38)24(33-19-12-17(19)14-7-4-3-5-8-14)34-27(35-25)42-16-10-6-9-15(11-16)28(29,30)31/h3-11,17-20,22-23,39-40H,2,12-13H2,1H3,(H,32,41)(H,33,34,35)/t17?,18-,19?,20+,22+,23-/m1/s1. The number of fused-ring (bicyclic) bond motifs is 1. The molecule has 10 nitrogen and oxygen atoms in total. The molecule has 2 aromatic carbocycles. The lowest BCUT2D eigenvalue weighted by molar-refractivity contribution is -0.137. The molecule has 2 aromatic heterocycles. The Balaban J connectivity index is 1.36. The average molecular weight is 600 g/mol. The van der Waals surface area contributed by atoms with Crippen molar-refractivity contribution >= 4 is 34.7 Å². The van der Waals surface area contributed by atoms with E-state index in [4.69, 9.17) is 0 Å². The zero-order valence-corrected chi connectivity index (χ0v) is 23.2. The zero-order valence-electron chi connectivity index (χ0n) is 22.4. The molecule has 0 spiro atoms. The van der Waals surface area contributed by atoms with E-state index in [0.29, 0.717) is 17.9 Å². The topological polar surface area (TPSA) is 138 Å². The van der Waals surface area contributed by atoms with Crippen LogP contribution in [0.3, 0.4) is 0 Å². The van der Waals surface area contributed by atoms with Gasteiger partial charge in [-0.15, -0.1) is 5.10 Å². The zero-order chi connectivity index (χ0) is 29.6. The molecule has 2 heterocycles. The smallest absolute Gasteiger partial charge is 0.390 e. The molecule has 2 aliphatic carbocycles. The van der Waals surface area contributed by atoms with Crippen molar-refractivity contribution in [1.29, 1.82) is 0 Å². The number of benzene rings is 2. The van der Waals surface area contributed by atoms with Gasteiger partial charge in [-0.05, 0) is 55.3 Å². The molecule has 2 unspecified atom stereocenters. The van der Waals surface area contributed by atoms with Crippen molar-refractivity contribution in [1.82, 2.24) is 30.3 Å². The van der Waals surface area contributed by atoms with Gasteiger partial charge in [-0.2, -0.15) is 13.2 Å². The Labute approximate surface area is 242 Å². The van der Waals surface area contributed by atoms with Crippen LogP contribution in [-0.4, -0.2) is 65.9 Å². The number of carbonyl (C=O) groups excluding carboxylic acids is 1. The summed E-state index contributed by atoms with van der Waals surface area (Å²) < 4.78 is 41.4. The van der Waals surface area contributed by atoms with Gasteiger partial charge in [-0.25, -0.2) is 14.6 Å². The summed E-state index contributed by atoms with van der Waals surface area (Å²) in [6, 6.07) is 14.1. The number of carbonyl (C=O) groups is 1. The second kappa shape index (κ2) is 11.2. The third kappa shape index (κ3) is 5.53. The Morgan fingerprint density at radius 3 is 2.60 bits per heavy atom. The Morgan fingerprint density at radius 1 is 1.07 bits per heavy atom. The normalized spacial score (nSPS) is 25.5. The summed E-state index contributed by atoms with van der Waals surface area (Å²) in [5.74, 6) is -0.636. The first-order valence-electron chi connectivity index (χ1n) is 13.6. The SMILES string of the molecule is CCNC(=O)[C@@H]1C[C@H](n2nnc3c(NC4CC4c4ccccc4)nc(Sc4cccc(C(F)(F)F)c4)nc32)[C@@H](O)[C@H]1O. The predicted molar refractivity (Wildman–Crippen MR) is 148 cm³/mol. The number of rotatable bonds is 8. The highest BCUT2D eigenvalue weighted by Crippen LogP contribution is 2.44. The lowest BCUT2D eigenvalue weighted by atomic mass is 10.0. The molecule has 0 bridgehead atoms. The highest BCUT2D eigenvalue weighted by molar-refractivity contribution is 7.99. The van der Waals surface area contributed by atoms with Gasteiger partial charge in [-0.3, -0.25) is 4.79 Å². The molecule has 220 valence electrons. The predicted octanol–water partition coefficient (Wildman–Crippen LogP) is 3.78. The fourth-order valence-electron chi connectivity index (χ4n) is 5.44. The maximum Gasteiger partial charge on any atom is 0.416 e. The van der Waals surface area contributed by atoms with Crippen LogP contribution in [0.15, 0.2) is 64.6 Å². The van der Waals surface area contributed by atoms with Gasteiger partial charge in [-0.1, -0.05) is 41.6 Å². The van der Waals surface area contributed by atoms with Gasteiger partial charge in [0.15, 0.2) is 22.1 Å². The molecule has 14 heteroatoms. The second-order valence-corrected chi connectivity index (χ2v) is 11.5. The first kappa shape index (κ1) is 28.4. The van der Waals surface area contributed by atoms with Crippen LogP contribution < -0.4 is 10.6 Å². The highest BCUT2D eigenvalue weighted by atomic mass is 32.2. The van der Waals surface area contributed by atoms with E-state index in [2.05, 4.69) is 30.9 Å². The molecule has 2 saturated carbocycles. The summed E-state index contributed by atoms with van der Waals surface area (Å²) in [4.78, 5) is 22.0. The summed E-state index contributed by atoms with van der Waals surface area (Å²) in [5.41, 5.74) is 0.917. The number of hydrogen-bond acceptors (Lipinski definition) is 9.